The van der Waals surface area contributed by atoms with Crippen molar-refractivity contribution in [3.05, 3.63) is 29.6 Å². The van der Waals surface area contributed by atoms with Crippen LogP contribution in [-0.2, 0) is 0 Å². The molecule has 2 rings (SSSR count). The largest absolute Gasteiger partial charge is 0.349 e. The van der Waals surface area contributed by atoms with Gasteiger partial charge in [-0.2, -0.15) is 0 Å². The first-order chi connectivity index (χ1) is 8.72. The van der Waals surface area contributed by atoms with Gasteiger partial charge in [-0.25, -0.2) is 0 Å². The van der Waals surface area contributed by atoms with Crippen LogP contribution in [0.25, 0.3) is 0 Å². The summed E-state index contributed by atoms with van der Waals surface area (Å²) in [5.74, 6) is 0.568. The number of aryl methyl sites for hydroxylation is 1. The van der Waals surface area contributed by atoms with Gasteiger partial charge < -0.3 is 5.32 Å². The van der Waals surface area contributed by atoms with Crippen molar-refractivity contribution < 1.29 is 4.79 Å². The Kier molecular flexibility index (Phi) is 4.75. The van der Waals surface area contributed by atoms with Crippen LogP contribution in [0.3, 0.4) is 0 Å². The molecule has 1 saturated carbocycles. The molecule has 0 aromatic carbocycles. The highest BCUT2D eigenvalue weighted by atomic mass is 79.9. The predicted molar refractivity (Wildman–Crippen MR) is 76.0 cm³/mol. The lowest BCUT2D eigenvalue weighted by Gasteiger charge is -2.31. The van der Waals surface area contributed by atoms with Gasteiger partial charge >= 0.3 is 0 Å². The van der Waals surface area contributed by atoms with E-state index in [4.69, 9.17) is 0 Å². The molecule has 4 heteroatoms. The molecule has 2 atom stereocenters. The van der Waals surface area contributed by atoms with E-state index in [2.05, 4.69) is 26.2 Å². The van der Waals surface area contributed by atoms with Crippen LogP contribution in [-0.4, -0.2) is 22.3 Å². The summed E-state index contributed by atoms with van der Waals surface area (Å²) in [6.45, 7) is 1.87. The number of hydrogen-bond donors (Lipinski definition) is 1. The zero-order valence-electron chi connectivity index (χ0n) is 10.7. The van der Waals surface area contributed by atoms with Crippen molar-refractivity contribution in [1.82, 2.24) is 10.3 Å². The SMILES string of the molecule is Cc1ncccc1C(=O)NC1CCCCC1CBr. The highest BCUT2D eigenvalue weighted by Gasteiger charge is 2.26. The zero-order chi connectivity index (χ0) is 13.0. The number of halogens is 1. The second kappa shape index (κ2) is 6.32. The lowest BCUT2D eigenvalue weighted by Crippen LogP contribution is -2.43. The number of hydrogen-bond acceptors (Lipinski definition) is 2. The number of nitrogens with zero attached hydrogens (tertiary/aromatic N) is 1. The fourth-order valence-corrected chi connectivity index (χ4v) is 3.33. The molecule has 0 spiro atoms. The van der Waals surface area contributed by atoms with E-state index in [9.17, 15) is 4.79 Å². The fourth-order valence-electron chi connectivity index (χ4n) is 2.55. The minimum absolute atomic E-state index is 0.0125. The number of aromatic nitrogens is 1. The molecule has 1 N–H and O–H groups in total. The normalized spacial score (nSPS) is 23.7. The molecule has 3 nitrogen and oxygen atoms in total. The second-order valence-corrected chi connectivity index (χ2v) is 5.56. The molecule has 98 valence electrons. The Labute approximate surface area is 117 Å². The van der Waals surface area contributed by atoms with Crippen molar-refractivity contribution >= 4 is 21.8 Å². The van der Waals surface area contributed by atoms with Crippen LogP contribution in [0, 0.1) is 12.8 Å². The summed E-state index contributed by atoms with van der Waals surface area (Å²) in [5, 5.41) is 4.13. The molecule has 1 heterocycles. The van der Waals surface area contributed by atoms with Crippen molar-refractivity contribution in [2.75, 3.05) is 5.33 Å². The van der Waals surface area contributed by atoms with E-state index in [0.29, 0.717) is 17.5 Å². The third-order valence-electron chi connectivity index (χ3n) is 3.68. The number of alkyl halides is 1. The summed E-state index contributed by atoms with van der Waals surface area (Å²) in [7, 11) is 0. The fraction of sp³-hybridized carbons (Fsp3) is 0.571. The molecule has 1 aliphatic rings. The monoisotopic (exact) mass is 310 g/mol. The average molecular weight is 311 g/mol. The van der Waals surface area contributed by atoms with Crippen LogP contribution in [0.1, 0.15) is 41.7 Å². The van der Waals surface area contributed by atoms with Gasteiger partial charge in [0, 0.05) is 23.3 Å². The first-order valence-corrected chi connectivity index (χ1v) is 7.63. The van der Waals surface area contributed by atoms with Gasteiger partial charge in [0.05, 0.1) is 5.56 Å². The smallest absolute Gasteiger partial charge is 0.253 e. The quantitative estimate of drug-likeness (QED) is 0.872. The van der Waals surface area contributed by atoms with Gasteiger partial charge in [-0.05, 0) is 37.8 Å². The van der Waals surface area contributed by atoms with Gasteiger partial charge in [0.2, 0.25) is 0 Å². The maximum absolute atomic E-state index is 12.2. The molecule has 1 aromatic heterocycles. The summed E-state index contributed by atoms with van der Waals surface area (Å²) in [6.07, 6.45) is 6.48. The zero-order valence-corrected chi connectivity index (χ0v) is 12.2. The third-order valence-corrected chi connectivity index (χ3v) is 4.51. The van der Waals surface area contributed by atoms with Gasteiger partial charge in [-0.3, -0.25) is 9.78 Å². The molecule has 0 radical (unpaired) electrons. The van der Waals surface area contributed by atoms with E-state index in [-0.39, 0.29) is 5.91 Å². The average Bonchev–Trinajstić information content (AvgIpc) is 2.39. The molecule has 1 aromatic rings. The van der Waals surface area contributed by atoms with Crippen molar-refractivity contribution in [1.29, 1.82) is 0 Å². The Morgan fingerprint density at radius 1 is 1.50 bits per heavy atom. The number of pyridine rings is 1. The summed E-state index contributed by atoms with van der Waals surface area (Å²) in [4.78, 5) is 16.4. The second-order valence-electron chi connectivity index (χ2n) is 4.92. The highest BCUT2D eigenvalue weighted by molar-refractivity contribution is 9.09. The van der Waals surface area contributed by atoms with Gasteiger partial charge in [0.25, 0.3) is 5.91 Å². The first-order valence-electron chi connectivity index (χ1n) is 6.51. The van der Waals surface area contributed by atoms with Gasteiger partial charge in [-0.15, -0.1) is 0 Å². The van der Waals surface area contributed by atoms with Crippen molar-refractivity contribution in [2.24, 2.45) is 5.92 Å². The van der Waals surface area contributed by atoms with Crippen LogP contribution in [0.4, 0.5) is 0 Å². The van der Waals surface area contributed by atoms with E-state index < -0.39 is 0 Å². The molecule has 2 unspecified atom stereocenters. The Morgan fingerprint density at radius 2 is 2.28 bits per heavy atom. The Morgan fingerprint density at radius 3 is 3.00 bits per heavy atom. The molecule has 0 aliphatic heterocycles. The van der Waals surface area contributed by atoms with Crippen LogP contribution in [0.15, 0.2) is 18.3 Å². The lowest BCUT2D eigenvalue weighted by molar-refractivity contribution is 0.0910. The van der Waals surface area contributed by atoms with Crippen LogP contribution in [0.2, 0.25) is 0 Å². The van der Waals surface area contributed by atoms with E-state index in [1.807, 2.05) is 19.1 Å². The van der Waals surface area contributed by atoms with Gasteiger partial charge in [0.15, 0.2) is 0 Å². The van der Waals surface area contributed by atoms with E-state index >= 15 is 0 Å². The van der Waals surface area contributed by atoms with E-state index in [1.54, 1.807) is 6.20 Å². The van der Waals surface area contributed by atoms with Gasteiger partial charge in [0.1, 0.15) is 0 Å². The molecule has 18 heavy (non-hydrogen) atoms. The summed E-state index contributed by atoms with van der Waals surface area (Å²) < 4.78 is 0. The van der Waals surface area contributed by atoms with E-state index in [1.165, 1.54) is 19.3 Å². The Balaban J connectivity index is 2.04. The standard InChI is InChI=1S/C14H19BrN2O/c1-10-12(6-4-8-16-10)14(18)17-13-7-3-2-5-11(13)9-15/h4,6,8,11,13H,2-3,5,7,9H2,1H3,(H,17,18). The molecule has 1 aliphatic carbocycles. The Hall–Kier alpha value is -0.900. The first kappa shape index (κ1) is 13.5. The number of amides is 1. The molecular weight excluding hydrogens is 292 g/mol. The van der Waals surface area contributed by atoms with Gasteiger partial charge in [-0.1, -0.05) is 28.8 Å². The number of carbonyl (C=O) groups excluding carboxylic acids is 1. The van der Waals surface area contributed by atoms with Crippen molar-refractivity contribution in [3.63, 3.8) is 0 Å². The predicted octanol–water partition coefficient (Wildman–Crippen LogP) is 3.07. The van der Waals surface area contributed by atoms with Crippen LogP contribution < -0.4 is 5.32 Å². The maximum atomic E-state index is 12.2. The lowest BCUT2D eigenvalue weighted by atomic mass is 9.86. The summed E-state index contributed by atoms with van der Waals surface area (Å²) >= 11 is 3.55. The van der Waals surface area contributed by atoms with Crippen LogP contribution in [0.5, 0.6) is 0 Å². The number of rotatable bonds is 3. The summed E-state index contributed by atoms with van der Waals surface area (Å²) in [5.41, 5.74) is 1.48. The van der Waals surface area contributed by atoms with Crippen LogP contribution >= 0.6 is 15.9 Å². The summed E-state index contributed by atoms with van der Waals surface area (Å²) in [6, 6.07) is 3.94. The topological polar surface area (TPSA) is 42.0 Å². The number of carbonyl (C=O) groups is 1. The minimum Gasteiger partial charge on any atom is -0.349 e. The maximum Gasteiger partial charge on any atom is 0.253 e. The molecule has 0 bridgehead atoms. The molecule has 1 fully saturated rings. The molecule has 0 saturated heterocycles. The third kappa shape index (κ3) is 3.10. The Bertz CT molecular complexity index is 422. The van der Waals surface area contributed by atoms with Crippen molar-refractivity contribution in [3.8, 4) is 0 Å². The molecule has 1 amide bonds. The number of nitrogens with one attached hydrogen (secondary N) is 1. The van der Waals surface area contributed by atoms with E-state index in [0.717, 1.165) is 17.4 Å². The highest BCUT2D eigenvalue weighted by Crippen LogP contribution is 2.26. The minimum atomic E-state index is 0.0125. The van der Waals surface area contributed by atoms with Crippen molar-refractivity contribution in [2.45, 2.75) is 38.6 Å². The molecular formula is C14H19BrN2O.